The molecule has 166 valence electrons. The Kier molecular flexibility index (Phi) is 7.57. The lowest BCUT2D eigenvalue weighted by Crippen LogP contribution is -2.29. The zero-order valence-electron chi connectivity index (χ0n) is 18.9. The van der Waals surface area contributed by atoms with E-state index in [9.17, 15) is 4.79 Å². The maximum Gasteiger partial charge on any atom is 0.224 e. The van der Waals surface area contributed by atoms with Crippen LogP contribution in [0.1, 0.15) is 63.5 Å². The highest BCUT2D eigenvalue weighted by atomic mass is 32.2. The van der Waals surface area contributed by atoms with Crippen molar-refractivity contribution in [3.63, 3.8) is 0 Å². The van der Waals surface area contributed by atoms with Gasteiger partial charge in [0.15, 0.2) is 0 Å². The fourth-order valence-corrected chi connectivity index (χ4v) is 5.94. The van der Waals surface area contributed by atoms with Crippen LogP contribution in [0.5, 0.6) is 0 Å². The van der Waals surface area contributed by atoms with Gasteiger partial charge in [0.25, 0.3) is 0 Å². The number of hydrogen-bond acceptors (Lipinski definition) is 4. The summed E-state index contributed by atoms with van der Waals surface area (Å²) < 4.78 is 2.58. The average Bonchev–Trinajstić information content (AvgIpc) is 3.33. The molecule has 2 aromatic rings. The Morgan fingerprint density at radius 1 is 1.13 bits per heavy atom. The van der Waals surface area contributed by atoms with Crippen molar-refractivity contribution in [2.75, 3.05) is 23.3 Å². The highest BCUT2D eigenvalue weighted by molar-refractivity contribution is 7.97. The van der Waals surface area contributed by atoms with Crippen LogP contribution >= 0.6 is 11.9 Å². The lowest BCUT2D eigenvalue weighted by molar-refractivity contribution is -0.115. The monoisotopic (exact) mass is 437 g/mol. The molecule has 1 heterocycles. The molecule has 0 aromatic heterocycles. The van der Waals surface area contributed by atoms with Crippen molar-refractivity contribution in [2.24, 2.45) is 0 Å². The van der Waals surface area contributed by atoms with E-state index >= 15 is 0 Å². The summed E-state index contributed by atoms with van der Waals surface area (Å²) in [5.74, 6) is 0.0602. The Labute approximate surface area is 191 Å². The van der Waals surface area contributed by atoms with Gasteiger partial charge < -0.3 is 10.2 Å². The Balaban J connectivity index is 1.51. The number of benzene rings is 2. The number of aryl methyl sites for hydroxylation is 1. The molecule has 1 saturated carbocycles. The molecule has 1 aliphatic heterocycles. The highest BCUT2D eigenvalue weighted by Gasteiger charge is 2.25. The van der Waals surface area contributed by atoms with E-state index in [0.717, 1.165) is 18.8 Å². The van der Waals surface area contributed by atoms with E-state index in [1.54, 1.807) is 0 Å². The van der Waals surface area contributed by atoms with E-state index in [4.69, 9.17) is 0 Å². The SMILES string of the molecule is CCC(=O)Nc1cccc(SN(Cc2ccc3c(c2)CCCN3CC)C2CCCC2)c1. The van der Waals surface area contributed by atoms with Gasteiger partial charge in [0.05, 0.1) is 0 Å². The fourth-order valence-electron chi connectivity index (χ4n) is 4.78. The van der Waals surface area contributed by atoms with Gasteiger partial charge in [-0.15, -0.1) is 0 Å². The first kappa shape index (κ1) is 22.2. The largest absolute Gasteiger partial charge is 0.372 e. The molecule has 2 aliphatic rings. The van der Waals surface area contributed by atoms with Gasteiger partial charge in [-0.2, -0.15) is 0 Å². The minimum Gasteiger partial charge on any atom is -0.372 e. The molecule has 1 aliphatic carbocycles. The number of nitrogens with zero attached hydrogens (tertiary/aromatic N) is 2. The van der Waals surface area contributed by atoms with Gasteiger partial charge in [0, 0.05) is 48.4 Å². The van der Waals surface area contributed by atoms with Crippen molar-refractivity contribution in [3.05, 3.63) is 53.6 Å². The van der Waals surface area contributed by atoms with Crippen LogP contribution in [0.25, 0.3) is 0 Å². The van der Waals surface area contributed by atoms with Crippen molar-refractivity contribution in [1.82, 2.24) is 4.31 Å². The van der Waals surface area contributed by atoms with Gasteiger partial charge in [0.2, 0.25) is 5.91 Å². The van der Waals surface area contributed by atoms with Crippen molar-refractivity contribution in [1.29, 1.82) is 0 Å². The van der Waals surface area contributed by atoms with E-state index < -0.39 is 0 Å². The summed E-state index contributed by atoms with van der Waals surface area (Å²) in [6.45, 7) is 7.35. The molecular formula is C26H35N3OS. The molecule has 0 saturated heterocycles. The number of fused-ring (bicyclic) bond motifs is 1. The van der Waals surface area contributed by atoms with Gasteiger partial charge in [0.1, 0.15) is 0 Å². The van der Waals surface area contributed by atoms with Crippen LogP contribution in [-0.2, 0) is 17.8 Å². The number of nitrogens with one attached hydrogen (secondary N) is 1. The summed E-state index contributed by atoms with van der Waals surface area (Å²) in [4.78, 5) is 15.5. The zero-order valence-corrected chi connectivity index (χ0v) is 19.7. The van der Waals surface area contributed by atoms with Gasteiger partial charge >= 0.3 is 0 Å². The number of carbonyl (C=O) groups is 1. The standard InChI is InChI=1S/C26H35N3OS/c1-3-26(30)27-22-10-7-13-24(18-22)31-29(23-11-5-6-12-23)19-20-14-15-25-21(17-20)9-8-16-28(25)4-2/h7,10,13-15,17-18,23H,3-6,8-9,11-12,16,19H2,1-2H3,(H,27,30). The zero-order chi connectivity index (χ0) is 21.6. The summed E-state index contributed by atoms with van der Waals surface area (Å²) in [5.41, 5.74) is 5.23. The Bertz CT molecular complexity index is 894. The molecule has 0 unspecified atom stereocenters. The third kappa shape index (κ3) is 5.64. The summed E-state index contributed by atoms with van der Waals surface area (Å²) in [5, 5.41) is 2.99. The number of hydrogen-bond donors (Lipinski definition) is 1. The van der Waals surface area contributed by atoms with Crippen LogP contribution in [0.3, 0.4) is 0 Å². The van der Waals surface area contributed by atoms with Crippen molar-refractivity contribution in [3.8, 4) is 0 Å². The first-order valence-electron chi connectivity index (χ1n) is 11.9. The van der Waals surface area contributed by atoms with E-state index in [0.29, 0.717) is 12.5 Å². The minimum atomic E-state index is 0.0602. The first-order valence-corrected chi connectivity index (χ1v) is 12.6. The normalized spacial score (nSPS) is 16.5. The highest BCUT2D eigenvalue weighted by Crippen LogP contribution is 2.36. The van der Waals surface area contributed by atoms with Crippen LogP contribution in [0, 0.1) is 0 Å². The smallest absolute Gasteiger partial charge is 0.224 e. The Morgan fingerprint density at radius 2 is 1.97 bits per heavy atom. The lowest BCUT2D eigenvalue weighted by Gasteiger charge is -2.32. The number of rotatable bonds is 8. The topological polar surface area (TPSA) is 35.6 Å². The molecule has 0 bridgehead atoms. The quantitative estimate of drug-likeness (QED) is 0.495. The van der Waals surface area contributed by atoms with E-state index in [1.165, 1.54) is 66.8 Å². The second kappa shape index (κ2) is 10.6. The Morgan fingerprint density at radius 3 is 2.74 bits per heavy atom. The molecule has 0 atom stereocenters. The van der Waals surface area contributed by atoms with Crippen molar-refractivity contribution in [2.45, 2.75) is 76.3 Å². The molecule has 2 aromatic carbocycles. The lowest BCUT2D eigenvalue weighted by atomic mass is 9.99. The van der Waals surface area contributed by atoms with Crippen molar-refractivity contribution >= 4 is 29.2 Å². The van der Waals surface area contributed by atoms with Crippen LogP contribution in [0.4, 0.5) is 11.4 Å². The Hall–Kier alpha value is -1.98. The summed E-state index contributed by atoms with van der Waals surface area (Å²) in [6, 6.07) is 16.0. The molecule has 0 radical (unpaired) electrons. The molecule has 0 spiro atoms. The molecular weight excluding hydrogens is 402 g/mol. The van der Waals surface area contributed by atoms with E-state index in [-0.39, 0.29) is 5.91 Å². The van der Waals surface area contributed by atoms with Crippen LogP contribution in [0.2, 0.25) is 0 Å². The number of anilines is 2. The third-order valence-electron chi connectivity index (χ3n) is 6.47. The van der Waals surface area contributed by atoms with Crippen LogP contribution in [0.15, 0.2) is 47.4 Å². The van der Waals surface area contributed by atoms with E-state index in [1.807, 2.05) is 31.0 Å². The summed E-state index contributed by atoms with van der Waals surface area (Å²) in [7, 11) is 0. The maximum atomic E-state index is 11.8. The fraction of sp³-hybridized carbons (Fsp3) is 0.500. The third-order valence-corrected chi connectivity index (χ3v) is 7.60. The molecule has 1 amide bonds. The molecule has 5 heteroatoms. The maximum absolute atomic E-state index is 11.8. The minimum absolute atomic E-state index is 0.0602. The van der Waals surface area contributed by atoms with Crippen LogP contribution in [-0.4, -0.2) is 29.3 Å². The van der Waals surface area contributed by atoms with Crippen molar-refractivity contribution < 1.29 is 4.79 Å². The number of carbonyl (C=O) groups excluding carboxylic acids is 1. The van der Waals surface area contributed by atoms with E-state index in [2.05, 4.69) is 51.8 Å². The van der Waals surface area contributed by atoms with Crippen LogP contribution < -0.4 is 10.2 Å². The summed E-state index contributed by atoms with van der Waals surface area (Å²) in [6.07, 6.45) is 8.13. The van der Waals surface area contributed by atoms with Gasteiger partial charge in [-0.05, 0) is 79.9 Å². The van der Waals surface area contributed by atoms with Gasteiger partial charge in [-0.25, -0.2) is 4.31 Å². The molecule has 31 heavy (non-hydrogen) atoms. The average molecular weight is 438 g/mol. The second-order valence-corrected chi connectivity index (χ2v) is 9.80. The predicted molar refractivity (Wildman–Crippen MR) is 132 cm³/mol. The predicted octanol–water partition coefficient (Wildman–Crippen LogP) is 6.26. The molecule has 4 nitrogen and oxygen atoms in total. The number of amides is 1. The summed E-state index contributed by atoms with van der Waals surface area (Å²) >= 11 is 1.84. The van der Waals surface area contributed by atoms with Gasteiger partial charge in [-0.1, -0.05) is 38.0 Å². The van der Waals surface area contributed by atoms with Gasteiger partial charge in [-0.3, -0.25) is 4.79 Å². The molecule has 1 fully saturated rings. The molecule has 1 N–H and O–H groups in total. The molecule has 4 rings (SSSR count). The second-order valence-electron chi connectivity index (χ2n) is 8.68. The first-order chi connectivity index (χ1) is 15.2.